The molecule has 24 heavy (non-hydrogen) atoms. The lowest BCUT2D eigenvalue weighted by Crippen LogP contribution is -2.10. The van der Waals surface area contributed by atoms with Crippen molar-refractivity contribution in [3.63, 3.8) is 0 Å². The molecule has 0 aliphatic rings. The molecule has 0 spiro atoms. The first-order valence-corrected chi connectivity index (χ1v) is 9.83. The minimum atomic E-state index is -0.535. The summed E-state index contributed by atoms with van der Waals surface area (Å²) in [6.07, 6.45) is 14.7. The third kappa shape index (κ3) is 13.2. The van der Waals surface area contributed by atoms with Crippen LogP contribution < -0.4 is 0 Å². The minimum Gasteiger partial charge on any atom is -0.434 e. The molecule has 0 fully saturated rings. The predicted molar refractivity (Wildman–Crippen MR) is 102 cm³/mol. The first kappa shape index (κ1) is 22.8. The topological polar surface area (TPSA) is 35.5 Å². The van der Waals surface area contributed by atoms with Crippen molar-refractivity contribution in [1.29, 1.82) is 0 Å². The average Bonchev–Trinajstić information content (AvgIpc) is 2.57. The van der Waals surface area contributed by atoms with E-state index in [0.29, 0.717) is 13.2 Å². The standard InChI is InChI=1S/C21H38O3/c1-5-9-13-19(11-7-3)15-17-23-21(22)24-18-16-20(12-8-4)14-10-6-2/h11-12H,5-10,13-18H2,1-4H3. The highest BCUT2D eigenvalue weighted by atomic mass is 16.7. The lowest BCUT2D eigenvalue weighted by Gasteiger charge is -2.10. The summed E-state index contributed by atoms with van der Waals surface area (Å²) in [4.78, 5) is 11.7. The fourth-order valence-electron chi connectivity index (χ4n) is 2.62. The van der Waals surface area contributed by atoms with Gasteiger partial charge in [-0.25, -0.2) is 4.79 Å². The van der Waals surface area contributed by atoms with Crippen LogP contribution in [-0.2, 0) is 9.47 Å². The third-order valence-electron chi connectivity index (χ3n) is 3.97. The summed E-state index contributed by atoms with van der Waals surface area (Å²) in [5.74, 6) is 0. The van der Waals surface area contributed by atoms with Crippen LogP contribution in [-0.4, -0.2) is 19.4 Å². The summed E-state index contributed by atoms with van der Waals surface area (Å²) in [5, 5.41) is 0. The quantitative estimate of drug-likeness (QED) is 0.253. The normalized spacial score (nSPS) is 12.3. The molecule has 0 atom stereocenters. The molecule has 0 aromatic heterocycles. The van der Waals surface area contributed by atoms with Crippen LogP contribution in [0.5, 0.6) is 0 Å². The first-order chi connectivity index (χ1) is 11.7. The van der Waals surface area contributed by atoms with E-state index in [2.05, 4.69) is 39.8 Å². The van der Waals surface area contributed by atoms with E-state index in [4.69, 9.17) is 9.47 Å². The zero-order valence-corrected chi connectivity index (χ0v) is 16.4. The summed E-state index contributed by atoms with van der Waals surface area (Å²) in [5.41, 5.74) is 2.78. The molecule has 0 radical (unpaired) electrons. The van der Waals surface area contributed by atoms with Crippen molar-refractivity contribution in [2.75, 3.05) is 13.2 Å². The number of ether oxygens (including phenoxy) is 2. The predicted octanol–water partition coefficient (Wildman–Crippen LogP) is 6.97. The zero-order valence-electron chi connectivity index (χ0n) is 16.4. The number of unbranched alkanes of at least 4 members (excludes halogenated alkanes) is 2. The molecule has 0 saturated heterocycles. The van der Waals surface area contributed by atoms with Crippen LogP contribution in [0.2, 0.25) is 0 Å². The van der Waals surface area contributed by atoms with E-state index < -0.39 is 6.16 Å². The Balaban J connectivity index is 3.96. The molecule has 0 heterocycles. The first-order valence-electron chi connectivity index (χ1n) is 9.83. The molecule has 0 aliphatic heterocycles. The average molecular weight is 339 g/mol. The van der Waals surface area contributed by atoms with Crippen molar-refractivity contribution in [2.24, 2.45) is 0 Å². The summed E-state index contributed by atoms with van der Waals surface area (Å²) < 4.78 is 10.4. The maximum atomic E-state index is 11.7. The van der Waals surface area contributed by atoms with Crippen molar-refractivity contribution < 1.29 is 14.3 Å². The van der Waals surface area contributed by atoms with Crippen molar-refractivity contribution >= 4 is 6.16 Å². The summed E-state index contributed by atoms with van der Waals surface area (Å²) >= 11 is 0. The van der Waals surface area contributed by atoms with Gasteiger partial charge >= 0.3 is 6.16 Å². The van der Waals surface area contributed by atoms with Crippen LogP contribution in [0.25, 0.3) is 0 Å². The minimum absolute atomic E-state index is 0.419. The van der Waals surface area contributed by atoms with Gasteiger partial charge in [0.25, 0.3) is 0 Å². The van der Waals surface area contributed by atoms with Gasteiger partial charge in [0, 0.05) is 12.8 Å². The van der Waals surface area contributed by atoms with Gasteiger partial charge < -0.3 is 9.47 Å². The number of carbonyl (C=O) groups excluding carboxylic acids is 1. The van der Waals surface area contributed by atoms with Gasteiger partial charge in [-0.05, 0) is 38.5 Å². The molecule has 0 rings (SSSR count). The second-order valence-corrected chi connectivity index (χ2v) is 6.20. The van der Waals surface area contributed by atoms with Crippen LogP contribution >= 0.6 is 0 Å². The van der Waals surface area contributed by atoms with Crippen molar-refractivity contribution in [3.8, 4) is 0 Å². The molecule has 140 valence electrons. The number of hydrogen-bond acceptors (Lipinski definition) is 3. The number of allylic oxidation sites excluding steroid dienone is 2. The fourth-order valence-corrected chi connectivity index (χ4v) is 2.62. The maximum Gasteiger partial charge on any atom is 0.508 e. The Labute approximate surface area is 149 Å². The molecule has 3 nitrogen and oxygen atoms in total. The Morgan fingerprint density at radius 1 is 0.708 bits per heavy atom. The van der Waals surface area contributed by atoms with Gasteiger partial charge in [-0.2, -0.15) is 0 Å². The zero-order chi connectivity index (χ0) is 18.0. The molecular weight excluding hydrogens is 300 g/mol. The smallest absolute Gasteiger partial charge is 0.434 e. The van der Waals surface area contributed by atoms with E-state index in [-0.39, 0.29) is 0 Å². The van der Waals surface area contributed by atoms with Crippen LogP contribution in [0.4, 0.5) is 4.79 Å². The number of hydrogen-bond donors (Lipinski definition) is 0. The van der Waals surface area contributed by atoms with Gasteiger partial charge in [0.15, 0.2) is 0 Å². The monoisotopic (exact) mass is 338 g/mol. The van der Waals surface area contributed by atoms with Gasteiger partial charge in [0.2, 0.25) is 0 Å². The van der Waals surface area contributed by atoms with Gasteiger partial charge in [-0.3, -0.25) is 0 Å². The van der Waals surface area contributed by atoms with E-state index in [1.807, 2.05) is 0 Å². The third-order valence-corrected chi connectivity index (χ3v) is 3.97. The highest BCUT2D eigenvalue weighted by molar-refractivity contribution is 5.59. The van der Waals surface area contributed by atoms with Crippen molar-refractivity contribution in [2.45, 2.75) is 91.9 Å². The largest absolute Gasteiger partial charge is 0.508 e. The number of carbonyl (C=O) groups is 1. The van der Waals surface area contributed by atoms with Crippen LogP contribution in [0.1, 0.15) is 91.9 Å². The molecule has 0 amide bonds. The Morgan fingerprint density at radius 3 is 1.46 bits per heavy atom. The van der Waals surface area contributed by atoms with Crippen LogP contribution in [0, 0.1) is 0 Å². The molecule has 3 heteroatoms. The van der Waals surface area contributed by atoms with Crippen LogP contribution in [0.15, 0.2) is 23.3 Å². The Morgan fingerprint density at radius 2 is 1.12 bits per heavy atom. The van der Waals surface area contributed by atoms with E-state index in [9.17, 15) is 4.79 Å². The second kappa shape index (κ2) is 16.6. The summed E-state index contributed by atoms with van der Waals surface area (Å²) in [6.45, 7) is 9.50. The van der Waals surface area contributed by atoms with Crippen molar-refractivity contribution in [3.05, 3.63) is 23.3 Å². The molecule has 0 saturated carbocycles. The summed E-state index contributed by atoms with van der Waals surface area (Å²) in [7, 11) is 0. The van der Waals surface area contributed by atoms with E-state index in [1.165, 1.54) is 36.8 Å². The molecular formula is C21H38O3. The van der Waals surface area contributed by atoms with Gasteiger partial charge in [0.05, 0.1) is 13.2 Å². The Kier molecular flexibility index (Phi) is 15.7. The maximum absolute atomic E-state index is 11.7. The Bertz CT molecular complexity index is 335. The van der Waals surface area contributed by atoms with Gasteiger partial charge in [0.1, 0.15) is 0 Å². The van der Waals surface area contributed by atoms with E-state index in [1.54, 1.807) is 0 Å². The van der Waals surface area contributed by atoms with Crippen LogP contribution in [0.3, 0.4) is 0 Å². The molecule has 0 unspecified atom stereocenters. The molecule has 0 aromatic rings. The summed E-state index contributed by atoms with van der Waals surface area (Å²) in [6, 6.07) is 0. The highest BCUT2D eigenvalue weighted by Crippen LogP contribution is 2.14. The lowest BCUT2D eigenvalue weighted by molar-refractivity contribution is 0.0566. The fraction of sp³-hybridized carbons (Fsp3) is 0.762. The lowest BCUT2D eigenvalue weighted by atomic mass is 10.1. The SMILES string of the molecule is CCC=C(CCCC)CCOC(=O)OCCC(=CCC)CCCC. The molecule has 0 N–H and O–H groups in total. The Hall–Kier alpha value is -1.25. The van der Waals surface area contributed by atoms with Gasteiger partial charge in [-0.1, -0.05) is 63.8 Å². The van der Waals surface area contributed by atoms with Crippen molar-refractivity contribution in [1.82, 2.24) is 0 Å². The highest BCUT2D eigenvalue weighted by Gasteiger charge is 2.06. The molecule has 0 aromatic carbocycles. The van der Waals surface area contributed by atoms with Gasteiger partial charge in [-0.15, -0.1) is 0 Å². The molecule has 0 aliphatic carbocycles. The second-order valence-electron chi connectivity index (χ2n) is 6.20. The van der Waals surface area contributed by atoms with E-state index in [0.717, 1.165) is 38.5 Å². The number of rotatable bonds is 14. The van der Waals surface area contributed by atoms with E-state index >= 15 is 0 Å². The molecule has 0 bridgehead atoms.